The van der Waals surface area contributed by atoms with Crippen LogP contribution in [-0.2, 0) is 20.7 Å². The van der Waals surface area contributed by atoms with Crippen LogP contribution in [0.4, 0.5) is 15.8 Å². The molecule has 3 atom stereocenters. The molecule has 0 spiro atoms. The van der Waals surface area contributed by atoms with Crippen LogP contribution in [0, 0.1) is 23.6 Å². The van der Waals surface area contributed by atoms with Gasteiger partial charge in [-0.15, -0.1) is 0 Å². The Morgan fingerprint density at radius 1 is 0.750 bits per heavy atom. The van der Waals surface area contributed by atoms with Crippen LogP contribution in [0.3, 0.4) is 0 Å². The molecule has 12 heteroatoms. The molecular formula is C44H50FN5O6. The number of anilines is 2. The lowest BCUT2D eigenvalue weighted by Crippen LogP contribution is -2.54. The summed E-state index contributed by atoms with van der Waals surface area (Å²) in [7, 11) is 0. The third-order valence-electron chi connectivity index (χ3n) is 13.5. The van der Waals surface area contributed by atoms with Gasteiger partial charge in [-0.1, -0.05) is 12.1 Å². The first-order chi connectivity index (χ1) is 27.2. The number of nitrogens with zero attached hydrogens (tertiary/aromatic N) is 4. The van der Waals surface area contributed by atoms with Gasteiger partial charge in [0.25, 0.3) is 11.8 Å². The van der Waals surface area contributed by atoms with E-state index in [1.165, 1.54) is 11.1 Å². The highest BCUT2D eigenvalue weighted by Crippen LogP contribution is 2.48. The van der Waals surface area contributed by atoms with Crippen LogP contribution in [0.1, 0.15) is 88.3 Å². The second kappa shape index (κ2) is 15.3. The van der Waals surface area contributed by atoms with Gasteiger partial charge >= 0.3 is 0 Å². The van der Waals surface area contributed by atoms with Crippen LogP contribution in [0.15, 0.2) is 54.6 Å². The molecule has 9 rings (SSSR count). The van der Waals surface area contributed by atoms with Gasteiger partial charge in [0.05, 0.1) is 16.8 Å². The summed E-state index contributed by atoms with van der Waals surface area (Å²) < 4.78 is 21.8. The molecule has 5 aliphatic heterocycles. The molecule has 3 aromatic carbocycles. The predicted molar refractivity (Wildman–Crippen MR) is 208 cm³/mol. The quantitative estimate of drug-likeness (QED) is 0.317. The van der Waals surface area contributed by atoms with Gasteiger partial charge in [0.15, 0.2) is 0 Å². The first-order valence-electron chi connectivity index (χ1n) is 20.5. The van der Waals surface area contributed by atoms with E-state index < -0.39 is 29.7 Å². The van der Waals surface area contributed by atoms with E-state index in [0.29, 0.717) is 34.6 Å². The number of aryl methyl sites for hydroxylation is 1. The van der Waals surface area contributed by atoms with Crippen molar-refractivity contribution >= 4 is 35.0 Å². The molecular weight excluding hydrogens is 714 g/mol. The van der Waals surface area contributed by atoms with Gasteiger partial charge in [-0.2, -0.15) is 0 Å². The molecule has 4 amide bonds. The van der Waals surface area contributed by atoms with Gasteiger partial charge in [0.1, 0.15) is 17.6 Å². The molecule has 1 aliphatic carbocycles. The maximum atomic E-state index is 16.1. The van der Waals surface area contributed by atoms with Crippen LogP contribution < -0.4 is 15.1 Å². The van der Waals surface area contributed by atoms with Gasteiger partial charge in [-0.25, -0.2) is 4.39 Å². The Bertz CT molecular complexity index is 2040. The van der Waals surface area contributed by atoms with Crippen molar-refractivity contribution in [3.63, 3.8) is 0 Å². The van der Waals surface area contributed by atoms with Gasteiger partial charge in [0.2, 0.25) is 11.8 Å². The van der Waals surface area contributed by atoms with Crippen molar-refractivity contribution in [2.24, 2.45) is 17.8 Å². The summed E-state index contributed by atoms with van der Waals surface area (Å²) in [6.07, 6.45) is 6.25. The minimum atomic E-state index is -0.976. The van der Waals surface area contributed by atoms with Gasteiger partial charge < -0.3 is 19.6 Å². The maximum absolute atomic E-state index is 16.1. The average molecular weight is 764 g/mol. The highest BCUT2D eigenvalue weighted by atomic mass is 19.1. The van der Waals surface area contributed by atoms with Crippen molar-refractivity contribution in [3.8, 4) is 5.75 Å². The van der Waals surface area contributed by atoms with E-state index >= 15 is 4.39 Å². The summed E-state index contributed by atoms with van der Waals surface area (Å²) in [6.45, 7) is 7.52. The van der Waals surface area contributed by atoms with Crippen molar-refractivity contribution < 1.29 is 33.4 Å². The zero-order valence-corrected chi connectivity index (χ0v) is 31.8. The van der Waals surface area contributed by atoms with Crippen LogP contribution in [0.5, 0.6) is 5.75 Å². The number of halogens is 1. The summed E-state index contributed by atoms with van der Waals surface area (Å²) in [5.74, 6) is -0.270. The molecule has 56 heavy (non-hydrogen) atoms. The number of benzene rings is 3. The van der Waals surface area contributed by atoms with Crippen molar-refractivity contribution in [1.29, 1.82) is 0 Å². The zero-order chi connectivity index (χ0) is 38.5. The molecule has 3 aromatic rings. The molecule has 0 bridgehead atoms. The number of phenolic OH excluding ortho intramolecular Hbond substituents is 1. The Balaban J connectivity index is 0.795. The molecule has 0 unspecified atom stereocenters. The van der Waals surface area contributed by atoms with Crippen LogP contribution >= 0.6 is 0 Å². The van der Waals surface area contributed by atoms with E-state index in [9.17, 15) is 24.3 Å². The predicted octanol–water partition coefficient (Wildman–Crippen LogP) is 5.09. The maximum Gasteiger partial charge on any atom is 0.262 e. The van der Waals surface area contributed by atoms with E-state index in [1.807, 2.05) is 18.2 Å². The number of hydrogen-bond donors (Lipinski definition) is 2. The highest BCUT2D eigenvalue weighted by Gasteiger charge is 2.45. The number of ether oxygens (including phenoxy) is 1. The minimum Gasteiger partial charge on any atom is -0.508 e. The van der Waals surface area contributed by atoms with E-state index in [-0.39, 0.29) is 30.3 Å². The number of rotatable bonds is 7. The summed E-state index contributed by atoms with van der Waals surface area (Å²) in [4.78, 5) is 58.5. The van der Waals surface area contributed by atoms with Gasteiger partial charge in [0, 0.05) is 77.1 Å². The van der Waals surface area contributed by atoms with Crippen molar-refractivity contribution in [2.45, 2.75) is 63.3 Å². The highest BCUT2D eigenvalue weighted by molar-refractivity contribution is 6.23. The largest absolute Gasteiger partial charge is 0.508 e. The number of imide groups is 2. The lowest BCUT2D eigenvalue weighted by Gasteiger charge is -2.41. The number of piperidine rings is 2. The SMILES string of the molecule is O=C1CC[C@H](N2C(=O)c3ccc(N4CCN(CC5CCN(c6ccc([C@H]7c8ccc(O)cc8CC[C@H]7C7CCOCC7)cc6F)CC5)CC4)cc3C2=O)C(=O)N1. The zero-order valence-electron chi connectivity index (χ0n) is 31.8. The van der Waals surface area contributed by atoms with Crippen LogP contribution in [0.2, 0.25) is 0 Å². The van der Waals surface area contributed by atoms with Gasteiger partial charge in [-0.3, -0.25) is 34.3 Å². The standard InChI is InChI=1S/C44H50FN5O6/c45-37-24-30(41-33(28-13-21-56-22-14-28)5-1-29-23-32(51)4-7-34(29)41)2-8-38(37)49-15-11-27(12-16-49)26-47-17-19-48(20-18-47)31-3-6-35-36(25-31)44(55)50(43(35)54)39-9-10-40(52)46-42(39)53/h2-4,6-8,23-25,27-28,33,39,41,51H,1,5,9-22,26H2,(H,46,52,53)/t33-,39-,41+/m0/s1. The Kier molecular flexibility index (Phi) is 10.0. The average Bonchev–Trinajstić information content (AvgIpc) is 3.46. The molecule has 6 aliphatic rings. The fourth-order valence-corrected chi connectivity index (χ4v) is 10.4. The van der Waals surface area contributed by atoms with Crippen molar-refractivity contribution in [1.82, 2.24) is 15.1 Å². The monoisotopic (exact) mass is 763 g/mol. The van der Waals surface area contributed by atoms with Gasteiger partial charge in [-0.05, 0) is 122 Å². The van der Waals surface area contributed by atoms with E-state index in [2.05, 4.69) is 32.1 Å². The van der Waals surface area contributed by atoms with E-state index in [4.69, 9.17) is 4.74 Å². The molecule has 4 saturated heterocycles. The topological polar surface area (TPSA) is 123 Å². The number of carbonyl (C=O) groups excluding carboxylic acids is 4. The number of carbonyl (C=O) groups is 4. The first kappa shape index (κ1) is 36.8. The molecule has 0 radical (unpaired) electrons. The third-order valence-corrected chi connectivity index (χ3v) is 13.5. The lowest BCUT2D eigenvalue weighted by molar-refractivity contribution is -0.136. The fraction of sp³-hybridized carbons (Fsp3) is 0.500. The molecule has 11 nitrogen and oxygen atoms in total. The Hall–Kier alpha value is -4.81. The normalized spacial score (nSPS) is 25.4. The first-order valence-corrected chi connectivity index (χ1v) is 20.5. The molecule has 5 heterocycles. The fourth-order valence-electron chi connectivity index (χ4n) is 10.4. The number of phenols is 1. The number of aromatic hydroxyl groups is 1. The second-order valence-electron chi connectivity index (χ2n) is 16.6. The Morgan fingerprint density at radius 3 is 2.27 bits per heavy atom. The van der Waals surface area contributed by atoms with Crippen molar-refractivity contribution in [3.05, 3.63) is 88.2 Å². The molecule has 2 N–H and O–H groups in total. The third kappa shape index (κ3) is 6.95. The Labute approximate surface area is 326 Å². The second-order valence-corrected chi connectivity index (χ2v) is 16.6. The van der Waals surface area contributed by atoms with E-state index in [0.717, 1.165) is 114 Å². The molecule has 294 valence electrons. The number of amides is 4. The number of nitrogens with one attached hydrogen (secondary N) is 1. The lowest BCUT2D eigenvalue weighted by atomic mass is 9.65. The van der Waals surface area contributed by atoms with Crippen LogP contribution in [0.25, 0.3) is 0 Å². The summed E-state index contributed by atoms with van der Waals surface area (Å²) in [5.41, 5.74) is 5.57. The number of fused-ring (bicyclic) bond motifs is 2. The summed E-state index contributed by atoms with van der Waals surface area (Å²) >= 11 is 0. The molecule has 0 aromatic heterocycles. The summed E-state index contributed by atoms with van der Waals surface area (Å²) in [5, 5.41) is 12.5. The Morgan fingerprint density at radius 2 is 1.52 bits per heavy atom. The minimum absolute atomic E-state index is 0.0907. The number of piperazine rings is 1. The van der Waals surface area contributed by atoms with Crippen molar-refractivity contribution in [2.75, 3.05) is 68.8 Å². The molecule has 0 saturated carbocycles. The molecule has 4 fully saturated rings. The number of hydrogen-bond acceptors (Lipinski definition) is 9. The van der Waals surface area contributed by atoms with E-state index in [1.54, 1.807) is 24.3 Å². The van der Waals surface area contributed by atoms with Crippen LogP contribution in [-0.4, -0.2) is 104 Å². The smallest absolute Gasteiger partial charge is 0.262 e. The summed E-state index contributed by atoms with van der Waals surface area (Å²) in [6, 6.07) is 16.0.